The number of rotatable bonds is 8. The minimum Gasteiger partial charge on any atom is -0.494 e. The van der Waals surface area contributed by atoms with E-state index in [4.69, 9.17) is 9.47 Å². The standard InChI is InChI=1S/C20H21NO4S/c1-3-24-16-11-8-15(9-12-16)10-13-20(23)25-14-19(22)21-17-6-4-5-7-18(17)26-2/h4-13H,3,14H2,1-2H3,(H,21,22)/b13-10+. The molecule has 0 saturated heterocycles. The second-order valence-corrected chi connectivity index (χ2v) is 6.04. The van der Waals surface area contributed by atoms with Crippen LogP contribution in [-0.4, -0.2) is 31.3 Å². The number of ether oxygens (including phenoxy) is 2. The monoisotopic (exact) mass is 371 g/mol. The van der Waals surface area contributed by atoms with Gasteiger partial charge in [0.15, 0.2) is 6.61 Å². The molecule has 0 spiro atoms. The fourth-order valence-electron chi connectivity index (χ4n) is 2.13. The molecule has 26 heavy (non-hydrogen) atoms. The van der Waals surface area contributed by atoms with Crippen LogP contribution in [0.2, 0.25) is 0 Å². The summed E-state index contributed by atoms with van der Waals surface area (Å²) in [6.45, 7) is 2.18. The second-order valence-electron chi connectivity index (χ2n) is 5.19. The van der Waals surface area contributed by atoms with Gasteiger partial charge in [0.25, 0.3) is 5.91 Å². The fraction of sp³-hybridized carbons (Fsp3) is 0.200. The normalized spacial score (nSPS) is 10.5. The molecule has 0 aliphatic heterocycles. The summed E-state index contributed by atoms with van der Waals surface area (Å²) in [6.07, 6.45) is 4.84. The minimum absolute atomic E-state index is 0.338. The zero-order valence-corrected chi connectivity index (χ0v) is 15.5. The molecule has 0 unspecified atom stereocenters. The van der Waals surface area contributed by atoms with Gasteiger partial charge in [-0.1, -0.05) is 24.3 Å². The van der Waals surface area contributed by atoms with Gasteiger partial charge in [-0.05, 0) is 49.1 Å². The highest BCUT2D eigenvalue weighted by Crippen LogP contribution is 2.24. The molecule has 1 amide bonds. The molecular formula is C20H21NO4S. The van der Waals surface area contributed by atoms with E-state index in [-0.39, 0.29) is 12.5 Å². The number of hydrogen-bond acceptors (Lipinski definition) is 5. The molecule has 0 aromatic heterocycles. The van der Waals surface area contributed by atoms with Crippen LogP contribution in [0.25, 0.3) is 6.08 Å². The topological polar surface area (TPSA) is 64.6 Å². The number of benzene rings is 2. The lowest BCUT2D eigenvalue weighted by atomic mass is 10.2. The summed E-state index contributed by atoms with van der Waals surface area (Å²) in [4.78, 5) is 24.6. The molecule has 0 radical (unpaired) electrons. The van der Waals surface area contributed by atoms with Crippen LogP contribution in [0.15, 0.2) is 59.5 Å². The summed E-state index contributed by atoms with van der Waals surface area (Å²) in [5.41, 5.74) is 1.54. The molecule has 0 saturated carbocycles. The van der Waals surface area contributed by atoms with E-state index in [0.717, 1.165) is 16.2 Å². The van der Waals surface area contributed by atoms with Gasteiger partial charge < -0.3 is 14.8 Å². The molecule has 1 N–H and O–H groups in total. The number of amides is 1. The van der Waals surface area contributed by atoms with Crippen LogP contribution >= 0.6 is 11.8 Å². The summed E-state index contributed by atoms with van der Waals surface area (Å²) in [7, 11) is 0. The molecule has 0 aliphatic rings. The van der Waals surface area contributed by atoms with E-state index in [2.05, 4.69) is 5.32 Å². The maximum absolute atomic E-state index is 11.9. The minimum atomic E-state index is -0.577. The van der Waals surface area contributed by atoms with Crippen molar-refractivity contribution >= 4 is 35.4 Å². The first-order chi connectivity index (χ1) is 12.6. The summed E-state index contributed by atoms with van der Waals surface area (Å²) >= 11 is 1.53. The van der Waals surface area contributed by atoms with Crippen molar-refractivity contribution in [1.29, 1.82) is 0 Å². The number of nitrogens with one attached hydrogen (secondary N) is 1. The van der Waals surface area contributed by atoms with E-state index in [9.17, 15) is 9.59 Å². The van der Waals surface area contributed by atoms with Crippen molar-refractivity contribution in [2.75, 3.05) is 24.8 Å². The largest absolute Gasteiger partial charge is 0.494 e. The van der Waals surface area contributed by atoms with Crippen molar-refractivity contribution in [1.82, 2.24) is 0 Å². The van der Waals surface area contributed by atoms with E-state index in [0.29, 0.717) is 12.3 Å². The Kier molecular flexibility index (Phi) is 7.76. The van der Waals surface area contributed by atoms with E-state index >= 15 is 0 Å². The summed E-state index contributed by atoms with van der Waals surface area (Å²) in [6, 6.07) is 14.8. The first-order valence-corrected chi connectivity index (χ1v) is 9.35. The third kappa shape index (κ3) is 6.29. The van der Waals surface area contributed by atoms with Gasteiger partial charge in [-0.3, -0.25) is 4.79 Å². The van der Waals surface area contributed by atoms with E-state index in [1.54, 1.807) is 12.1 Å². The van der Waals surface area contributed by atoms with Crippen LogP contribution in [-0.2, 0) is 14.3 Å². The van der Waals surface area contributed by atoms with Gasteiger partial charge in [0.1, 0.15) is 5.75 Å². The highest BCUT2D eigenvalue weighted by Gasteiger charge is 2.08. The van der Waals surface area contributed by atoms with Gasteiger partial charge in [0.2, 0.25) is 0 Å². The maximum atomic E-state index is 11.9. The van der Waals surface area contributed by atoms with Gasteiger partial charge >= 0.3 is 5.97 Å². The molecule has 0 fully saturated rings. The summed E-state index contributed by atoms with van der Waals surface area (Å²) in [5.74, 6) is -0.184. The predicted molar refractivity (Wildman–Crippen MR) is 104 cm³/mol. The molecule has 136 valence electrons. The van der Waals surface area contributed by atoms with Gasteiger partial charge in [-0.25, -0.2) is 4.79 Å². The Morgan fingerprint density at radius 3 is 2.54 bits per heavy atom. The van der Waals surface area contributed by atoms with Crippen LogP contribution in [0.4, 0.5) is 5.69 Å². The number of anilines is 1. The zero-order valence-electron chi connectivity index (χ0n) is 14.7. The Hall–Kier alpha value is -2.73. The van der Waals surface area contributed by atoms with Crippen LogP contribution in [0.3, 0.4) is 0 Å². The average molecular weight is 371 g/mol. The van der Waals surface area contributed by atoms with Crippen molar-refractivity contribution in [2.45, 2.75) is 11.8 Å². The first-order valence-electron chi connectivity index (χ1n) is 8.13. The lowest BCUT2D eigenvalue weighted by molar-refractivity contribution is -0.142. The number of thioether (sulfide) groups is 1. The average Bonchev–Trinajstić information content (AvgIpc) is 2.66. The molecule has 0 atom stereocenters. The SMILES string of the molecule is CCOc1ccc(/C=C/C(=O)OCC(=O)Nc2ccccc2SC)cc1. The predicted octanol–water partition coefficient (Wildman–Crippen LogP) is 4.00. The number of carbonyl (C=O) groups is 2. The molecule has 0 heterocycles. The van der Waals surface area contributed by atoms with Crippen LogP contribution in [0.1, 0.15) is 12.5 Å². The Bertz CT molecular complexity index is 772. The molecular weight excluding hydrogens is 350 g/mol. The van der Waals surface area contributed by atoms with Crippen LogP contribution < -0.4 is 10.1 Å². The van der Waals surface area contributed by atoms with Crippen molar-refractivity contribution < 1.29 is 19.1 Å². The lowest BCUT2D eigenvalue weighted by Gasteiger charge is -2.09. The van der Waals surface area contributed by atoms with Crippen molar-refractivity contribution in [3.8, 4) is 5.75 Å². The Balaban J connectivity index is 1.81. The molecule has 2 aromatic rings. The van der Waals surface area contributed by atoms with Gasteiger partial charge in [-0.15, -0.1) is 11.8 Å². The highest BCUT2D eigenvalue weighted by atomic mass is 32.2. The maximum Gasteiger partial charge on any atom is 0.331 e. The van der Waals surface area contributed by atoms with Crippen molar-refractivity contribution in [3.05, 3.63) is 60.2 Å². The molecule has 2 aromatic carbocycles. The number of carbonyl (C=O) groups excluding carboxylic acids is 2. The molecule has 0 aliphatic carbocycles. The van der Waals surface area contributed by atoms with Gasteiger partial charge in [-0.2, -0.15) is 0 Å². The smallest absolute Gasteiger partial charge is 0.331 e. The van der Waals surface area contributed by atoms with Crippen LogP contribution in [0, 0.1) is 0 Å². The van der Waals surface area contributed by atoms with E-state index < -0.39 is 5.97 Å². The second kappa shape index (κ2) is 10.3. The number of para-hydroxylation sites is 1. The fourth-order valence-corrected chi connectivity index (χ4v) is 2.68. The molecule has 2 rings (SSSR count). The lowest BCUT2D eigenvalue weighted by Crippen LogP contribution is -2.20. The summed E-state index contributed by atoms with van der Waals surface area (Å²) in [5, 5.41) is 2.73. The Labute approximate surface area is 157 Å². The third-order valence-electron chi connectivity index (χ3n) is 3.33. The Morgan fingerprint density at radius 2 is 1.85 bits per heavy atom. The first kappa shape index (κ1) is 19.6. The van der Waals surface area contributed by atoms with Crippen molar-refractivity contribution in [2.24, 2.45) is 0 Å². The third-order valence-corrected chi connectivity index (χ3v) is 4.13. The van der Waals surface area contributed by atoms with E-state index in [1.807, 2.05) is 55.6 Å². The van der Waals surface area contributed by atoms with Gasteiger partial charge in [0, 0.05) is 11.0 Å². The quantitative estimate of drug-likeness (QED) is 0.432. The van der Waals surface area contributed by atoms with E-state index in [1.165, 1.54) is 17.8 Å². The Morgan fingerprint density at radius 1 is 1.12 bits per heavy atom. The van der Waals surface area contributed by atoms with Crippen LogP contribution in [0.5, 0.6) is 5.75 Å². The molecule has 6 heteroatoms. The van der Waals surface area contributed by atoms with Crippen molar-refractivity contribution in [3.63, 3.8) is 0 Å². The molecule has 5 nitrogen and oxygen atoms in total. The summed E-state index contributed by atoms with van der Waals surface area (Å²) < 4.78 is 10.3. The molecule has 0 bridgehead atoms. The number of esters is 1. The number of hydrogen-bond donors (Lipinski definition) is 1. The van der Waals surface area contributed by atoms with Gasteiger partial charge in [0.05, 0.1) is 12.3 Å². The zero-order chi connectivity index (χ0) is 18.8. The highest BCUT2D eigenvalue weighted by molar-refractivity contribution is 7.98.